The molecular weight excluding hydrogens is 321 g/mol. The highest BCUT2D eigenvalue weighted by Crippen LogP contribution is 2.20. The summed E-state index contributed by atoms with van der Waals surface area (Å²) in [6.07, 6.45) is 1.01. The van der Waals surface area contributed by atoms with Crippen LogP contribution in [-0.4, -0.2) is 16.9 Å². The zero-order chi connectivity index (χ0) is 9.68. The molecule has 1 heterocycles. The molecule has 0 aliphatic rings. The van der Waals surface area contributed by atoms with Crippen LogP contribution in [0.5, 0.6) is 0 Å². The molecule has 0 unspecified atom stereocenters. The van der Waals surface area contributed by atoms with Crippen LogP contribution in [0.3, 0.4) is 0 Å². The number of hydrogen-bond acceptors (Lipinski definition) is 2. The lowest BCUT2D eigenvalue weighted by molar-refractivity contribution is 0.0958. The highest BCUT2D eigenvalue weighted by Gasteiger charge is 2.06. The van der Waals surface area contributed by atoms with Crippen LogP contribution in [0.15, 0.2) is 12.1 Å². The molecule has 0 fully saturated rings. The van der Waals surface area contributed by atoms with Crippen molar-refractivity contribution in [2.75, 3.05) is 11.0 Å². The number of carbonyl (C=O) groups excluding carboxylic acids is 1. The molecule has 0 saturated carbocycles. The van der Waals surface area contributed by atoms with Crippen molar-refractivity contribution in [1.82, 2.24) is 5.32 Å². The molecule has 1 amide bonds. The van der Waals surface area contributed by atoms with Crippen LogP contribution >= 0.6 is 45.5 Å². The summed E-state index contributed by atoms with van der Waals surface area (Å²) >= 11 is 9.29. The average molecular weight is 330 g/mol. The highest BCUT2D eigenvalue weighted by atomic mass is 127. The number of thiophene rings is 1. The number of nitrogens with one attached hydrogen (secondary N) is 1. The molecule has 1 rings (SSSR count). The van der Waals surface area contributed by atoms with E-state index in [9.17, 15) is 4.79 Å². The highest BCUT2D eigenvalue weighted by molar-refractivity contribution is 14.1. The third kappa shape index (κ3) is 3.83. The van der Waals surface area contributed by atoms with E-state index in [1.807, 2.05) is 0 Å². The maximum Gasteiger partial charge on any atom is 0.261 e. The van der Waals surface area contributed by atoms with E-state index >= 15 is 0 Å². The van der Waals surface area contributed by atoms with Crippen molar-refractivity contribution in [3.8, 4) is 0 Å². The Morgan fingerprint density at radius 3 is 2.92 bits per heavy atom. The first-order chi connectivity index (χ1) is 6.24. The lowest BCUT2D eigenvalue weighted by Gasteiger charge is -2.00. The summed E-state index contributed by atoms with van der Waals surface area (Å²) in [6, 6.07) is 3.48. The summed E-state index contributed by atoms with van der Waals surface area (Å²) in [5.41, 5.74) is 0. The van der Waals surface area contributed by atoms with Crippen molar-refractivity contribution in [1.29, 1.82) is 0 Å². The molecule has 72 valence electrons. The van der Waals surface area contributed by atoms with Gasteiger partial charge < -0.3 is 5.32 Å². The summed E-state index contributed by atoms with van der Waals surface area (Å²) in [5.74, 6) is -0.0262. The van der Waals surface area contributed by atoms with Crippen molar-refractivity contribution in [2.24, 2.45) is 0 Å². The zero-order valence-corrected chi connectivity index (χ0v) is 10.6. The third-order valence-corrected chi connectivity index (χ3v) is 3.39. The Kier molecular flexibility index (Phi) is 5.05. The molecule has 0 bridgehead atoms. The van der Waals surface area contributed by atoms with Crippen molar-refractivity contribution in [3.63, 3.8) is 0 Å². The van der Waals surface area contributed by atoms with Crippen LogP contribution in [0.1, 0.15) is 16.1 Å². The van der Waals surface area contributed by atoms with Crippen molar-refractivity contribution < 1.29 is 4.79 Å². The van der Waals surface area contributed by atoms with Crippen LogP contribution in [0, 0.1) is 0 Å². The smallest absolute Gasteiger partial charge is 0.261 e. The second kappa shape index (κ2) is 5.82. The second-order valence-corrected chi connectivity index (χ2v) is 5.20. The molecule has 1 N–H and O–H groups in total. The van der Waals surface area contributed by atoms with Gasteiger partial charge in [0, 0.05) is 11.0 Å². The monoisotopic (exact) mass is 329 g/mol. The van der Waals surface area contributed by atoms with Gasteiger partial charge in [0.2, 0.25) is 0 Å². The molecule has 0 spiro atoms. The second-order valence-electron chi connectivity index (χ2n) is 2.40. The molecule has 0 saturated heterocycles. The molecule has 0 aliphatic carbocycles. The van der Waals surface area contributed by atoms with Crippen LogP contribution < -0.4 is 5.32 Å². The number of carbonyl (C=O) groups is 1. The Balaban J connectivity index is 2.40. The summed E-state index contributed by atoms with van der Waals surface area (Å²) in [5, 5.41) is 2.82. The van der Waals surface area contributed by atoms with E-state index in [1.54, 1.807) is 12.1 Å². The van der Waals surface area contributed by atoms with Crippen molar-refractivity contribution >= 4 is 51.4 Å². The van der Waals surface area contributed by atoms with Gasteiger partial charge in [0.05, 0.1) is 9.21 Å². The summed E-state index contributed by atoms with van der Waals surface area (Å²) in [4.78, 5) is 12.1. The molecule has 0 aromatic carbocycles. The van der Waals surface area contributed by atoms with Crippen LogP contribution in [-0.2, 0) is 0 Å². The summed E-state index contributed by atoms with van der Waals surface area (Å²) < 4.78 is 1.71. The molecule has 2 nitrogen and oxygen atoms in total. The van der Waals surface area contributed by atoms with Gasteiger partial charge in [-0.05, 0) is 18.6 Å². The Hall–Kier alpha value is 0.190. The van der Waals surface area contributed by atoms with Gasteiger partial charge in [-0.1, -0.05) is 34.2 Å². The first-order valence-corrected chi connectivity index (χ1v) is 6.55. The van der Waals surface area contributed by atoms with E-state index in [-0.39, 0.29) is 5.91 Å². The van der Waals surface area contributed by atoms with Gasteiger partial charge in [0.25, 0.3) is 5.91 Å². The predicted molar refractivity (Wildman–Crippen MR) is 65.2 cm³/mol. The maximum absolute atomic E-state index is 11.4. The Bertz CT molecular complexity index is 289. The van der Waals surface area contributed by atoms with E-state index in [4.69, 9.17) is 11.6 Å². The molecular formula is C8H9ClINOS. The fraction of sp³-hybridized carbons (Fsp3) is 0.375. The van der Waals surface area contributed by atoms with Gasteiger partial charge in [0.15, 0.2) is 0 Å². The number of halogens is 2. The van der Waals surface area contributed by atoms with E-state index in [1.165, 1.54) is 11.3 Å². The molecule has 0 atom stereocenters. The Labute approximate surface area is 99.8 Å². The molecule has 1 aromatic rings. The lowest BCUT2D eigenvalue weighted by atomic mass is 10.4. The summed E-state index contributed by atoms with van der Waals surface area (Å²) in [6.45, 7) is 0.733. The number of rotatable bonds is 4. The average Bonchev–Trinajstić information content (AvgIpc) is 2.52. The molecule has 13 heavy (non-hydrogen) atoms. The number of alkyl halides is 1. The molecule has 0 radical (unpaired) electrons. The fourth-order valence-electron chi connectivity index (χ4n) is 0.792. The van der Waals surface area contributed by atoms with E-state index in [2.05, 4.69) is 27.9 Å². The van der Waals surface area contributed by atoms with E-state index < -0.39 is 0 Å². The normalized spacial score (nSPS) is 10.0. The minimum Gasteiger partial charge on any atom is -0.351 e. The zero-order valence-electron chi connectivity index (χ0n) is 6.85. The van der Waals surface area contributed by atoms with Crippen LogP contribution in [0.25, 0.3) is 0 Å². The largest absolute Gasteiger partial charge is 0.351 e. The first-order valence-electron chi connectivity index (χ1n) is 3.83. The van der Waals surface area contributed by atoms with Crippen molar-refractivity contribution in [3.05, 3.63) is 21.3 Å². The van der Waals surface area contributed by atoms with Crippen molar-refractivity contribution in [2.45, 2.75) is 6.42 Å². The first kappa shape index (κ1) is 11.3. The van der Waals surface area contributed by atoms with Gasteiger partial charge in [-0.2, -0.15) is 0 Å². The molecule has 1 aromatic heterocycles. The summed E-state index contributed by atoms with van der Waals surface area (Å²) in [7, 11) is 0. The third-order valence-electron chi connectivity index (χ3n) is 1.39. The molecule has 0 aliphatic heterocycles. The van der Waals surface area contributed by atoms with Gasteiger partial charge in [-0.3, -0.25) is 4.79 Å². The number of hydrogen-bond donors (Lipinski definition) is 1. The fourth-order valence-corrected chi connectivity index (χ4v) is 2.13. The SMILES string of the molecule is O=C(NCCCI)c1ccc(Cl)s1. The quantitative estimate of drug-likeness (QED) is 0.514. The van der Waals surface area contributed by atoms with Gasteiger partial charge in [-0.15, -0.1) is 11.3 Å². The minimum atomic E-state index is -0.0262. The van der Waals surface area contributed by atoms with Gasteiger partial charge in [-0.25, -0.2) is 0 Å². The Morgan fingerprint density at radius 2 is 2.38 bits per heavy atom. The van der Waals surface area contributed by atoms with E-state index in [0.717, 1.165) is 17.4 Å². The minimum absolute atomic E-state index is 0.0262. The number of amides is 1. The predicted octanol–water partition coefficient (Wildman–Crippen LogP) is 2.96. The molecule has 5 heteroatoms. The van der Waals surface area contributed by atoms with E-state index in [0.29, 0.717) is 9.21 Å². The maximum atomic E-state index is 11.4. The van der Waals surface area contributed by atoms with Crippen LogP contribution in [0.2, 0.25) is 4.34 Å². The topological polar surface area (TPSA) is 29.1 Å². The van der Waals surface area contributed by atoms with Gasteiger partial charge in [0.1, 0.15) is 0 Å². The standard InChI is InChI=1S/C8H9ClINOS/c9-7-3-2-6(13-7)8(12)11-5-1-4-10/h2-3H,1,4-5H2,(H,11,12). The lowest BCUT2D eigenvalue weighted by Crippen LogP contribution is -2.23. The van der Waals surface area contributed by atoms with Gasteiger partial charge >= 0.3 is 0 Å². The Morgan fingerprint density at radius 1 is 1.62 bits per heavy atom. The van der Waals surface area contributed by atoms with Crippen LogP contribution in [0.4, 0.5) is 0 Å².